The predicted molar refractivity (Wildman–Crippen MR) is 132 cm³/mol. The molecule has 2 fully saturated rings. The van der Waals surface area contributed by atoms with Gasteiger partial charge in [0.2, 0.25) is 6.29 Å². The van der Waals surface area contributed by atoms with Gasteiger partial charge in [-0.2, -0.15) is 5.48 Å². The minimum atomic E-state index is -1.46. The Hall–Kier alpha value is -2.01. The van der Waals surface area contributed by atoms with Crippen molar-refractivity contribution in [1.82, 2.24) is 10.8 Å². The first-order valence-electron chi connectivity index (χ1n) is 12.7. The van der Waals surface area contributed by atoms with Gasteiger partial charge in [0.1, 0.15) is 35.8 Å². The van der Waals surface area contributed by atoms with Crippen LogP contribution in [-0.2, 0) is 23.7 Å². The zero-order chi connectivity index (χ0) is 28.2. The van der Waals surface area contributed by atoms with Gasteiger partial charge in [0.25, 0.3) is 0 Å². The zero-order valence-corrected chi connectivity index (χ0v) is 22.1. The van der Waals surface area contributed by atoms with Crippen LogP contribution in [0.4, 0.5) is 4.79 Å². The number of alkyl carbamates (subject to hydrolysis) is 1. The maximum atomic E-state index is 12.6. The molecule has 1 saturated heterocycles. The Morgan fingerprint density at radius 1 is 1.18 bits per heavy atom. The Morgan fingerprint density at radius 3 is 2.45 bits per heavy atom. The van der Waals surface area contributed by atoms with E-state index in [1.165, 1.54) is 0 Å². The zero-order valence-electron chi connectivity index (χ0n) is 22.1. The lowest BCUT2D eigenvalue weighted by atomic mass is 9.83. The first-order chi connectivity index (χ1) is 17.9. The van der Waals surface area contributed by atoms with Crippen LogP contribution in [-0.4, -0.2) is 100 Å². The van der Waals surface area contributed by atoms with Gasteiger partial charge < -0.3 is 61.0 Å². The van der Waals surface area contributed by atoms with Crippen LogP contribution >= 0.6 is 0 Å². The third-order valence-electron chi connectivity index (χ3n) is 6.82. The molecule has 38 heavy (non-hydrogen) atoms. The molecule has 14 nitrogen and oxygen atoms in total. The minimum Gasteiger partial charge on any atom is -0.516 e. The van der Waals surface area contributed by atoms with E-state index in [9.17, 15) is 25.3 Å². The average molecular weight is 547 g/mol. The van der Waals surface area contributed by atoms with Crippen LogP contribution < -0.4 is 22.3 Å². The molecule has 0 aromatic carbocycles. The number of ether oxygens (including phenoxy) is 5. The van der Waals surface area contributed by atoms with E-state index >= 15 is 0 Å². The lowest BCUT2D eigenvalue weighted by Crippen LogP contribution is -2.67. The van der Waals surface area contributed by atoms with E-state index in [0.717, 1.165) is 6.26 Å². The van der Waals surface area contributed by atoms with Crippen molar-refractivity contribution in [1.29, 1.82) is 0 Å². The molecular formula is C24H42N4O10. The van der Waals surface area contributed by atoms with Crippen molar-refractivity contribution in [2.45, 2.75) is 101 Å². The van der Waals surface area contributed by atoms with Gasteiger partial charge in [0.05, 0.1) is 37.5 Å². The second-order valence-electron chi connectivity index (χ2n) is 10.8. The molecule has 3 aliphatic rings. The standard InChI is InChI=1S/C24H42N4O10/c1-11-12(9-29)10-34-22(17(11)30)37-20-16(28-33)7-15(27-23(32)38-24(2,3)4)19(18(20)31)36-21-14(26)6-5-13(8-25)35-21/h5,9,11,14-22,28-31,33H,6-8,10,25-26H2,1-4H3,(H,27,32)/b12-9-/t11-,14+,15-,16+,17+,18-,19?,20-,21+,22+/m0/s1. The second-order valence-corrected chi connectivity index (χ2v) is 10.8. The molecule has 2 aliphatic heterocycles. The summed E-state index contributed by atoms with van der Waals surface area (Å²) in [6.07, 6.45) is -4.74. The molecule has 218 valence electrons. The van der Waals surface area contributed by atoms with Gasteiger partial charge >= 0.3 is 6.09 Å². The lowest BCUT2D eigenvalue weighted by molar-refractivity contribution is -0.283. The summed E-state index contributed by atoms with van der Waals surface area (Å²) in [5, 5.41) is 44.1. The van der Waals surface area contributed by atoms with Crippen molar-refractivity contribution in [2.24, 2.45) is 17.4 Å². The molecule has 10 atom stereocenters. The third kappa shape index (κ3) is 7.34. The number of nitrogens with one attached hydrogen (secondary N) is 2. The van der Waals surface area contributed by atoms with Crippen LogP contribution in [0.1, 0.15) is 40.5 Å². The number of hydrogen-bond donors (Lipinski definition) is 8. The van der Waals surface area contributed by atoms with Crippen LogP contribution in [0.3, 0.4) is 0 Å². The highest BCUT2D eigenvalue weighted by Crippen LogP contribution is 2.33. The summed E-state index contributed by atoms with van der Waals surface area (Å²) in [7, 11) is 0. The summed E-state index contributed by atoms with van der Waals surface area (Å²) >= 11 is 0. The second kappa shape index (κ2) is 12.9. The van der Waals surface area contributed by atoms with E-state index in [0.29, 0.717) is 17.8 Å². The first kappa shape index (κ1) is 30.5. The molecule has 1 aliphatic carbocycles. The topological polar surface area (TPSA) is 220 Å². The molecule has 2 heterocycles. The van der Waals surface area contributed by atoms with Gasteiger partial charge in [-0.3, -0.25) is 0 Å². The smallest absolute Gasteiger partial charge is 0.407 e. The van der Waals surface area contributed by atoms with Gasteiger partial charge in [0, 0.05) is 5.92 Å². The normalized spacial score (nSPS) is 39.3. The highest BCUT2D eigenvalue weighted by molar-refractivity contribution is 5.68. The summed E-state index contributed by atoms with van der Waals surface area (Å²) in [5.74, 6) is -0.00873. The Labute approximate surface area is 221 Å². The molecule has 0 spiro atoms. The number of carbonyl (C=O) groups excluding carboxylic acids is 1. The van der Waals surface area contributed by atoms with Crippen LogP contribution in [0.25, 0.3) is 0 Å². The quantitative estimate of drug-likeness (QED) is 0.149. The molecule has 0 aromatic rings. The number of hydrogen-bond acceptors (Lipinski definition) is 13. The van der Waals surface area contributed by atoms with E-state index in [2.05, 4.69) is 10.8 Å². The van der Waals surface area contributed by atoms with E-state index in [-0.39, 0.29) is 19.6 Å². The summed E-state index contributed by atoms with van der Waals surface area (Å²) in [6.45, 7) is 6.95. The molecule has 0 aromatic heterocycles. The molecule has 0 bridgehead atoms. The Kier molecular flexibility index (Phi) is 10.4. The molecule has 14 heteroatoms. The fourth-order valence-corrected chi connectivity index (χ4v) is 4.65. The largest absolute Gasteiger partial charge is 0.516 e. The Balaban J connectivity index is 1.84. The highest BCUT2D eigenvalue weighted by Gasteiger charge is 2.50. The van der Waals surface area contributed by atoms with Gasteiger partial charge in [0.15, 0.2) is 6.29 Å². The average Bonchev–Trinajstić information content (AvgIpc) is 2.85. The summed E-state index contributed by atoms with van der Waals surface area (Å²) in [6, 6.07) is -2.36. The van der Waals surface area contributed by atoms with Crippen molar-refractivity contribution in [2.75, 3.05) is 13.2 Å². The van der Waals surface area contributed by atoms with Crippen molar-refractivity contribution < 1.29 is 49.0 Å². The fraction of sp³-hybridized carbons (Fsp3) is 0.792. The maximum Gasteiger partial charge on any atom is 0.407 e. The van der Waals surface area contributed by atoms with Crippen molar-refractivity contribution in [3.63, 3.8) is 0 Å². The SMILES string of the molecule is C[C@H]1/C(=C\O)CO[C@H](O[C@H]2[C@H](NO)C[C@H](NC(=O)OC(C)(C)C)C(O[C@H]3OC(CN)=CC[C@H]3N)[C@@H]2O)[C@@H]1O. The number of nitrogens with two attached hydrogens (primary N) is 2. The molecule has 3 rings (SSSR count). The van der Waals surface area contributed by atoms with E-state index < -0.39 is 72.7 Å². The molecular weight excluding hydrogens is 504 g/mol. The molecule has 0 radical (unpaired) electrons. The van der Waals surface area contributed by atoms with Crippen LogP contribution in [0.15, 0.2) is 23.7 Å². The number of hydroxylamine groups is 1. The lowest BCUT2D eigenvalue weighted by Gasteiger charge is -2.47. The third-order valence-corrected chi connectivity index (χ3v) is 6.82. The summed E-state index contributed by atoms with van der Waals surface area (Å²) in [4.78, 5) is 12.6. The molecule has 1 saturated carbocycles. The fourth-order valence-electron chi connectivity index (χ4n) is 4.65. The van der Waals surface area contributed by atoms with Gasteiger partial charge in [-0.25, -0.2) is 4.79 Å². The number of rotatable bonds is 7. The molecule has 10 N–H and O–H groups in total. The predicted octanol–water partition coefficient (Wildman–Crippen LogP) is -0.526. The van der Waals surface area contributed by atoms with Gasteiger partial charge in [-0.15, -0.1) is 0 Å². The van der Waals surface area contributed by atoms with E-state index in [4.69, 9.17) is 35.2 Å². The summed E-state index contributed by atoms with van der Waals surface area (Å²) in [5.41, 5.74) is 13.7. The Morgan fingerprint density at radius 2 is 1.84 bits per heavy atom. The van der Waals surface area contributed by atoms with E-state index in [1.807, 2.05) is 0 Å². The Bertz CT molecular complexity index is 866. The number of amides is 1. The summed E-state index contributed by atoms with van der Waals surface area (Å²) < 4.78 is 28.8. The van der Waals surface area contributed by atoms with Crippen molar-refractivity contribution >= 4 is 6.09 Å². The van der Waals surface area contributed by atoms with Crippen molar-refractivity contribution in [3.05, 3.63) is 23.7 Å². The molecule has 1 amide bonds. The number of aliphatic hydroxyl groups excluding tert-OH is 3. The monoisotopic (exact) mass is 546 g/mol. The van der Waals surface area contributed by atoms with Gasteiger partial charge in [-0.1, -0.05) is 6.92 Å². The highest BCUT2D eigenvalue weighted by atomic mass is 16.7. The maximum absolute atomic E-state index is 12.6. The number of carbonyl (C=O) groups is 1. The minimum absolute atomic E-state index is 0.00114. The number of aliphatic hydroxyl groups is 3. The van der Waals surface area contributed by atoms with Crippen LogP contribution in [0, 0.1) is 5.92 Å². The van der Waals surface area contributed by atoms with Crippen LogP contribution in [0.5, 0.6) is 0 Å². The van der Waals surface area contributed by atoms with Crippen molar-refractivity contribution in [3.8, 4) is 0 Å². The van der Waals surface area contributed by atoms with Gasteiger partial charge in [-0.05, 0) is 45.3 Å². The van der Waals surface area contributed by atoms with Crippen LogP contribution in [0.2, 0.25) is 0 Å². The first-order valence-corrected chi connectivity index (χ1v) is 12.7. The van der Waals surface area contributed by atoms with E-state index in [1.54, 1.807) is 33.8 Å². The molecule has 1 unspecified atom stereocenters.